The van der Waals surface area contributed by atoms with Crippen molar-refractivity contribution in [1.82, 2.24) is 10.2 Å². The Morgan fingerprint density at radius 1 is 1.82 bits per heavy atom. The summed E-state index contributed by atoms with van der Waals surface area (Å²) < 4.78 is 0. The van der Waals surface area contributed by atoms with Gasteiger partial charge in [0.1, 0.15) is 0 Å². The van der Waals surface area contributed by atoms with Crippen molar-refractivity contribution in [3.05, 3.63) is 0 Å². The summed E-state index contributed by atoms with van der Waals surface area (Å²) in [4.78, 5) is 12.6. The van der Waals surface area contributed by atoms with Crippen molar-refractivity contribution in [2.45, 2.75) is 13.0 Å². The molecule has 11 heavy (non-hydrogen) atoms. The summed E-state index contributed by atoms with van der Waals surface area (Å²) >= 11 is 0. The minimum atomic E-state index is -0.237. The Morgan fingerprint density at radius 3 is 3.09 bits per heavy atom. The number of carbonyl (C=O) groups excluding carboxylic acids is 1. The number of primary amides is 1. The van der Waals surface area contributed by atoms with Gasteiger partial charge in [0.25, 0.3) is 0 Å². The molecule has 4 heteroatoms. The van der Waals surface area contributed by atoms with Crippen LogP contribution in [0.5, 0.6) is 0 Å². The van der Waals surface area contributed by atoms with Crippen LogP contribution >= 0.6 is 0 Å². The number of piperazine rings is 1. The molecular weight excluding hydrogens is 142 g/mol. The Labute approximate surface area is 66.7 Å². The molecular formula is C7H15N3O. The van der Waals surface area contributed by atoms with Crippen molar-refractivity contribution < 1.29 is 4.79 Å². The summed E-state index contributed by atoms with van der Waals surface area (Å²) in [5, 5.41) is 3.29. The number of nitrogens with one attached hydrogen (secondary N) is 1. The molecule has 1 unspecified atom stereocenters. The fraction of sp³-hybridized carbons (Fsp3) is 0.857. The van der Waals surface area contributed by atoms with Gasteiger partial charge in [0.05, 0.1) is 6.54 Å². The Kier molecular flexibility index (Phi) is 2.84. The highest BCUT2D eigenvalue weighted by molar-refractivity contribution is 5.75. The van der Waals surface area contributed by atoms with E-state index in [-0.39, 0.29) is 5.91 Å². The van der Waals surface area contributed by atoms with Gasteiger partial charge in [0.15, 0.2) is 0 Å². The van der Waals surface area contributed by atoms with E-state index < -0.39 is 0 Å². The molecule has 0 bridgehead atoms. The maximum absolute atomic E-state index is 10.5. The van der Waals surface area contributed by atoms with E-state index in [1.807, 2.05) is 0 Å². The Balaban J connectivity index is 2.28. The molecule has 1 aliphatic heterocycles. The number of nitrogens with zero attached hydrogens (tertiary/aromatic N) is 1. The van der Waals surface area contributed by atoms with Crippen LogP contribution in [0.15, 0.2) is 0 Å². The maximum atomic E-state index is 10.5. The molecule has 1 aliphatic rings. The van der Waals surface area contributed by atoms with Crippen LogP contribution in [0.2, 0.25) is 0 Å². The number of rotatable bonds is 2. The zero-order chi connectivity index (χ0) is 8.27. The van der Waals surface area contributed by atoms with Crippen LogP contribution in [0, 0.1) is 0 Å². The van der Waals surface area contributed by atoms with Crippen molar-refractivity contribution in [2.75, 3.05) is 26.2 Å². The normalized spacial score (nSPS) is 26.8. The average molecular weight is 157 g/mol. The van der Waals surface area contributed by atoms with E-state index in [1.54, 1.807) is 0 Å². The van der Waals surface area contributed by atoms with Crippen LogP contribution in [0.4, 0.5) is 0 Å². The van der Waals surface area contributed by atoms with Crippen molar-refractivity contribution in [2.24, 2.45) is 5.73 Å². The fourth-order valence-corrected chi connectivity index (χ4v) is 1.38. The van der Waals surface area contributed by atoms with Gasteiger partial charge in [-0.25, -0.2) is 0 Å². The minimum Gasteiger partial charge on any atom is -0.369 e. The number of amides is 1. The predicted octanol–water partition coefficient (Wildman–Crippen LogP) is -1.23. The van der Waals surface area contributed by atoms with Gasteiger partial charge in [-0.15, -0.1) is 0 Å². The highest BCUT2D eigenvalue weighted by Gasteiger charge is 2.16. The number of carbonyl (C=O) groups is 1. The first-order valence-electron chi connectivity index (χ1n) is 3.92. The lowest BCUT2D eigenvalue weighted by atomic mass is 10.2. The largest absolute Gasteiger partial charge is 0.369 e. The van der Waals surface area contributed by atoms with Crippen molar-refractivity contribution in [3.8, 4) is 0 Å². The summed E-state index contributed by atoms with van der Waals surface area (Å²) in [7, 11) is 0. The lowest BCUT2D eigenvalue weighted by molar-refractivity contribution is -0.119. The minimum absolute atomic E-state index is 0.237. The molecule has 1 amide bonds. The zero-order valence-electron chi connectivity index (χ0n) is 6.84. The average Bonchev–Trinajstić information content (AvgIpc) is 1.85. The molecule has 0 aromatic heterocycles. The highest BCUT2D eigenvalue weighted by Crippen LogP contribution is 1.96. The standard InChI is InChI=1S/C7H15N3O/c1-6-4-10(3-2-9-6)5-7(8)11/h6,9H,2-5H2,1H3,(H2,8,11). The topological polar surface area (TPSA) is 58.4 Å². The van der Waals surface area contributed by atoms with Crippen LogP contribution in [-0.4, -0.2) is 43.0 Å². The van der Waals surface area contributed by atoms with Crippen LogP contribution in [0.1, 0.15) is 6.92 Å². The molecule has 0 saturated carbocycles. The smallest absolute Gasteiger partial charge is 0.231 e. The molecule has 0 spiro atoms. The van der Waals surface area contributed by atoms with Crippen molar-refractivity contribution >= 4 is 5.91 Å². The molecule has 0 radical (unpaired) electrons. The van der Waals surface area contributed by atoms with Crippen molar-refractivity contribution in [3.63, 3.8) is 0 Å². The Bertz CT molecular complexity index is 149. The molecule has 1 atom stereocenters. The summed E-state index contributed by atoms with van der Waals surface area (Å²) in [5.74, 6) is -0.237. The molecule has 0 aromatic rings. The summed E-state index contributed by atoms with van der Waals surface area (Å²) in [5.41, 5.74) is 5.07. The molecule has 1 heterocycles. The van der Waals surface area contributed by atoms with Crippen LogP contribution in [0.25, 0.3) is 0 Å². The second-order valence-electron chi connectivity index (χ2n) is 3.06. The second-order valence-corrected chi connectivity index (χ2v) is 3.06. The molecule has 64 valence electrons. The Morgan fingerprint density at radius 2 is 2.55 bits per heavy atom. The van der Waals surface area contributed by atoms with Gasteiger partial charge in [-0.3, -0.25) is 9.69 Å². The van der Waals surface area contributed by atoms with Crippen molar-refractivity contribution in [1.29, 1.82) is 0 Å². The summed E-state index contributed by atoms with van der Waals surface area (Å²) in [6.45, 7) is 5.30. The highest BCUT2D eigenvalue weighted by atomic mass is 16.1. The van der Waals surface area contributed by atoms with E-state index in [4.69, 9.17) is 5.73 Å². The molecule has 0 aromatic carbocycles. The fourth-order valence-electron chi connectivity index (χ4n) is 1.38. The molecule has 4 nitrogen and oxygen atoms in total. The Hall–Kier alpha value is -0.610. The van der Waals surface area contributed by atoms with Gasteiger partial charge in [-0.1, -0.05) is 0 Å². The molecule has 1 saturated heterocycles. The van der Waals surface area contributed by atoms with Gasteiger partial charge in [-0.05, 0) is 6.92 Å². The SMILES string of the molecule is CC1CN(CC(N)=O)CCN1. The maximum Gasteiger partial charge on any atom is 0.231 e. The summed E-state index contributed by atoms with van der Waals surface area (Å²) in [6, 6.07) is 0.475. The van der Waals surface area contributed by atoms with E-state index >= 15 is 0 Å². The third-order valence-electron chi connectivity index (χ3n) is 1.83. The monoisotopic (exact) mass is 157 g/mol. The lowest BCUT2D eigenvalue weighted by Gasteiger charge is -2.30. The van der Waals surface area contributed by atoms with Gasteiger partial charge < -0.3 is 11.1 Å². The quantitative estimate of drug-likeness (QED) is 0.527. The van der Waals surface area contributed by atoms with Crippen LogP contribution in [-0.2, 0) is 4.79 Å². The van der Waals surface area contributed by atoms with E-state index in [0.29, 0.717) is 12.6 Å². The third-order valence-corrected chi connectivity index (χ3v) is 1.83. The summed E-state index contributed by atoms with van der Waals surface area (Å²) in [6.07, 6.45) is 0. The van der Waals surface area contributed by atoms with Crippen LogP contribution < -0.4 is 11.1 Å². The van der Waals surface area contributed by atoms with E-state index in [2.05, 4.69) is 17.1 Å². The molecule has 0 aliphatic carbocycles. The third kappa shape index (κ3) is 2.86. The van der Waals surface area contributed by atoms with Gasteiger partial charge in [-0.2, -0.15) is 0 Å². The first-order chi connectivity index (χ1) is 5.18. The van der Waals surface area contributed by atoms with Crippen LogP contribution in [0.3, 0.4) is 0 Å². The van der Waals surface area contributed by atoms with Gasteiger partial charge >= 0.3 is 0 Å². The van der Waals surface area contributed by atoms with Gasteiger partial charge in [0.2, 0.25) is 5.91 Å². The lowest BCUT2D eigenvalue weighted by Crippen LogP contribution is -2.51. The van der Waals surface area contributed by atoms with Gasteiger partial charge in [0, 0.05) is 25.7 Å². The number of nitrogens with two attached hydrogens (primary N) is 1. The first kappa shape index (κ1) is 8.49. The number of hydrogen-bond acceptors (Lipinski definition) is 3. The second kappa shape index (κ2) is 3.69. The molecule has 1 rings (SSSR count). The van der Waals surface area contributed by atoms with E-state index in [0.717, 1.165) is 19.6 Å². The van der Waals surface area contributed by atoms with E-state index in [1.165, 1.54) is 0 Å². The first-order valence-corrected chi connectivity index (χ1v) is 3.92. The molecule has 1 fully saturated rings. The van der Waals surface area contributed by atoms with E-state index in [9.17, 15) is 4.79 Å². The molecule has 3 N–H and O–H groups in total. The zero-order valence-corrected chi connectivity index (χ0v) is 6.84. The predicted molar refractivity (Wildman–Crippen MR) is 43.1 cm³/mol. The number of hydrogen-bond donors (Lipinski definition) is 2.